The number of aromatic amines is 3. The first-order valence-electron chi connectivity index (χ1n) is 33.5. The second-order valence-electron chi connectivity index (χ2n) is 24.5. The Labute approximate surface area is 617 Å². The lowest BCUT2D eigenvalue weighted by Crippen LogP contribution is -2.48. The minimum absolute atomic E-state index is 0.00947. The number of pyridine rings is 2. The van der Waals surface area contributed by atoms with E-state index in [2.05, 4.69) is 107 Å². The van der Waals surface area contributed by atoms with Crippen LogP contribution in [0.5, 0.6) is 0 Å². The Hall–Kier alpha value is -12.4. The van der Waals surface area contributed by atoms with Crippen molar-refractivity contribution >= 4 is 87.8 Å². The summed E-state index contributed by atoms with van der Waals surface area (Å²) in [6.07, 6.45) is 9.04. The zero-order chi connectivity index (χ0) is 72.6. The molecule has 0 radical (unpaired) electrons. The molecule has 522 valence electrons. The molecule has 8 heterocycles. The molecule has 1 fully saturated rings. The molecular weight excluding hydrogens is 1380 g/mol. The summed E-state index contributed by atoms with van der Waals surface area (Å²) >= 11 is 4.56. The van der Waals surface area contributed by atoms with Crippen molar-refractivity contribution < 1.29 is 28.8 Å². The van der Waals surface area contributed by atoms with Crippen LogP contribution in [-0.4, -0.2) is 147 Å². The van der Waals surface area contributed by atoms with Crippen LogP contribution in [0.2, 0.25) is 0 Å². The lowest BCUT2D eigenvalue weighted by Gasteiger charge is -2.21. The number of nitrogens with one attached hydrogen (secondary N) is 6. The fraction of sp³-hybridized carbons (Fsp3) is 0.190. The van der Waals surface area contributed by atoms with Crippen molar-refractivity contribution in [1.29, 1.82) is 0 Å². The lowest BCUT2D eigenvalue weighted by molar-refractivity contribution is -0.120. The monoisotopic (exact) mass is 1450 g/mol. The van der Waals surface area contributed by atoms with E-state index in [1.807, 2.05) is 176 Å². The molecular formula is C79H67N17O6S3. The predicted molar refractivity (Wildman–Crippen MR) is 402 cm³/mol. The summed E-state index contributed by atoms with van der Waals surface area (Å²) in [6.45, 7) is 0. The van der Waals surface area contributed by atoms with Gasteiger partial charge in [0.2, 0.25) is 35.2 Å². The molecule has 6 aromatic carbocycles. The number of amides is 6. The number of anilines is 3. The highest BCUT2D eigenvalue weighted by Crippen LogP contribution is 2.38. The van der Waals surface area contributed by atoms with Gasteiger partial charge < -0.3 is 30.7 Å². The highest BCUT2D eigenvalue weighted by atomic mass is 32.2. The zero-order valence-corrected chi connectivity index (χ0v) is 59.5. The van der Waals surface area contributed by atoms with Gasteiger partial charge in [-0.2, -0.15) is 0 Å². The third-order valence-corrected chi connectivity index (χ3v) is 20.3. The topological polar surface area (TPSA) is 299 Å². The Balaban J connectivity index is 0.000000140. The summed E-state index contributed by atoms with van der Waals surface area (Å²) in [5.74, 6) is 20.3. The number of thioether (sulfide) groups is 3. The molecule has 0 saturated heterocycles. The van der Waals surface area contributed by atoms with E-state index in [-0.39, 0.29) is 35.2 Å². The van der Waals surface area contributed by atoms with E-state index in [0.717, 1.165) is 70.7 Å². The second-order valence-corrected chi connectivity index (χ2v) is 27.7. The van der Waals surface area contributed by atoms with Crippen LogP contribution in [0.3, 0.4) is 0 Å². The number of nitrogens with zero attached hydrogens (tertiary/aromatic N) is 11. The van der Waals surface area contributed by atoms with Gasteiger partial charge in [-0.15, -0.1) is 50.6 Å². The summed E-state index contributed by atoms with van der Waals surface area (Å²) in [7, 11) is 5.14. The first kappa shape index (κ1) is 71.0. The van der Waals surface area contributed by atoms with E-state index in [0.29, 0.717) is 65.6 Å². The smallest absolute Gasteiger partial charge is 0.291 e. The highest BCUT2D eigenvalue weighted by molar-refractivity contribution is 8.00. The average Bonchev–Trinajstić information content (AvgIpc) is 1.71. The molecule has 11 aromatic rings. The van der Waals surface area contributed by atoms with Gasteiger partial charge in [-0.1, -0.05) is 127 Å². The number of likely N-dealkylation sites (N-methyl/N-ethyl adjacent to an activating group) is 3. The lowest BCUT2D eigenvalue weighted by atomic mass is 10.1. The van der Waals surface area contributed by atoms with Crippen molar-refractivity contribution in [1.82, 2.24) is 71.5 Å². The minimum atomic E-state index is -0.723. The molecule has 6 N–H and O–H groups in total. The number of aromatic nitrogens is 11. The quantitative estimate of drug-likeness (QED) is 0.0621. The molecule has 0 unspecified atom stereocenters. The van der Waals surface area contributed by atoms with Gasteiger partial charge in [-0.05, 0) is 114 Å². The van der Waals surface area contributed by atoms with Crippen LogP contribution < -0.4 is 30.7 Å². The molecule has 15 rings (SSSR count). The standard InChI is InChI=1S/2C27H22N6O2S.C25H23N5O2S/c1-33-22-15-19(10-12-20-9-5-6-14-28-20)11-13-23(22)36-17-21(27(33)35)29-26(34)25-30-24(31-32-25)16-18-7-3-2-4-8-18;1-33-22-15-20(8-7-18-11-13-28-14-12-18)9-10-23(22)36-17-21(27(33)35)29-26(34)25-30-24(31-32-25)16-19-5-3-2-4-6-19;1-30-20-13-18(10-9-16-7-8-16)11-12-21(20)33-15-19(25(30)32)26-24(31)23-27-22(28-29-23)14-17-5-3-2-4-6-17/h2-9,11,13-15,21H,16-17H2,1H3,(H,29,34)(H,30,31,32);2-6,9-15,21H,16-17H2,1H3,(H,29,34)(H,30,31,32);2-6,11-13,16,19H,7-8,14-15H2,1H3,(H,26,31)(H,27,28,29)/t2*21-;19-/m000/s1. The number of rotatable bonds is 12. The number of hydrogen-bond acceptors (Lipinski definition) is 17. The fourth-order valence-corrected chi connectivity index (χ4v) is 14.3. The maximum Gasteiger partial charge on any atom is 0.291 e. The molecule has 1 saturated carbocycles. The summed E-state index contributed by atoms with van der Waals surface area (Å²) in [5, 5.41) is 29.0. The van der Waals surface area contributed by atoms with E-state index in [1.54, 1.807) is 66.2 Å². The van der Waals surface area contributed by atoms with Crippen LogP contribution in [-0.2, 0) is 33.6 Å². The molecule has 105 heavy (non-hydrogen) atoms. The van der Waals surface area contributed by atoms with Crippen molar-refractivity contribution in [3.8, 4) is 35.5 Å². The van der Waals surface area contributed by atoms with E-state index >= 15 is 0 Å². The largest absolute Gasteiger partial charge is 0.337 e. The maximum absolute atomic E-state index is 13.2. The van der Waals surface area contributed by atoms with Crippen molar-refractivity contribution in [2.75, 3.05) is 53.1 Å². The van der Waals surface area contributed by atoms with Crippen LogP contribution >= 0.6 is 35.3 Å². The van der Waals surface area contributed by atoms with Crippen molar-refractivity contribution in [3.63, 3.8) is 0 Å². The van der Waals surface area contributed by atoms with Gasteiger partial charge >= 0.3 is 0 Å². The number of benzene rings is 6. The van der Waals surface area contributed by atoms with E-state index < -0.39 is 35.8 Å². The molecule has 0 bridgehead atoms. The molecule has 23 nitrogen and oxygen atoms in total. The third kappa shape index (κ3) is 18.6. The Kier molecular flexibility index (Phi) is 22.7. The van der Waals surface area contributed by atoms with Gasteiger partial charge in [0, 0.05) is 119 Å². The molecule has 6 amide bonds. The van der Waals surface area contributed by atoms with Crippen LogP contribution in [0.4, 0.5) is 17.1 Å². The molecule has 1 aliphatic carbocycles. The maximum atomic E-state index is 13.2. The summed E-state index contributed by atoms with van der Waals surface area (Å²) in [5.41, 5.74) is 9.49. The molecule has 26 heteroatoms. The van der Waals surface area contributed by atoms with Crippen LogP contribution in [0.25, 0.3) is 0 Å². The zero-order valence-electron chi connectivity index (χ0n) is 57.0. The van der Waals surface area contributed by atoms with Crippen LogP contribution in [0.1, 0.15) is 107 Å². The number of carbonyl (C=O) groups is 6. The van der Waals surface area contributed by atoms with Gasteiger partial charge in [0.25, 0.3) is 17.7 Å². The number of carbonyl (C=O) groups excluding carboxylic acids is 6. The SMILES string of the molecule is CN1C(=O)[C@@H](NC(=O)c2n[nH]c(Cc3ccccc3)n2)CSc2ccc(C#CC3CC3)cc21.CN1C(=O)[C@@H](NC(=O)c2n[nH]c(Cc3ccccc3)n2)CSc2ccc(C#Cc3ccccn3)cc21.CN1C(=O)[C@@H](NC(=O)c2n[nH]c(Cc3ccccc3)n2)CSc2ccc(C#Cc3ccncc3)cc21. The Morgan fingerprint density at radius 3 is 1.16 bits per heavy atom. The molecule has 3 aliphatic heterocycles. The number of H-pyrrole nitrogens is 3. The van der Waals surface area contributed by atoms with Crippen LogP contribution in [0, 0.1) is 41.4 Å². The van der Waals surface area contributed by atoms with Crippen molar-refractivity contribution in [3.05, 3.63) is 274 Å². The second kappa shape index (κ2) is 33.6. The molecule has 3 atom stereocenters. The van der Waals surface area contributed by atoms with Gasteiger partial charge in [0.15, 0.2) is 0 Å². The average molecular weight is 1450 g/mol. The molecule has 5 aromatic heterocycles. The molecule has 4 aliphatic rings. The Morgan fingerprint density at radius 2 is 0.790 bits per heavy atom. The number of hydrogen-bond donors (Lipinski definition) is 6. The van der Waals surface area contributed by atoms with Crippen molar-refractivity contribution in [2.45, 2.75) is 64.9 Å². The predicted octanol–water partition coefficient (Wildman–Crippen LogP) is 9.14. The first-order valence-corrected chi connectivity index (χ1v) is 36.4. The van der Waals surface area contributed by atoms with Gasteiger partial charge in [0.1, 0.15) is 41.3 Å². The molecule has 0 spiro atoms. The summed E-state index contributed by atoms with van der Waals surface area (Å²) < 4.78 is 0. The first-order chi connectivity index (χ1) is 51.2. The summed E-state index contributed by atoms with van der Waals surface area (Å²) in [4.78, 5) is 107. The van der Waals surface area contributed by atoms with Gasteiger partial charge in [-0.3, -0.25) is 49.0 Å². The van der Waals surface area contributed by atoms with Crippen LogP contribution in [0.15, 0.2) is 209 Å². The highest BCUT2D eigenvalue weighted by Gasteiger charge is 2.35. The fourth-order valence-electron chi connectivity index (χ4n) is 11.1. The van der Waals surface area contributed by atoms with E-state index in [4.69, 9.17) is 0 Å². The summed E-state index contributed by atoms with van der Waals surface area (Å²) in [6, 6.07) is 54.0. The third-order valence-electron chi connectivity index (χ3n) is 16.9. The van der Waals surface area contributed by atoms with E-state index in [9.17, 15) is 28.8 Å². The Bertz CT molecular complexity index is 4970. The van der Waals surface area contributed by atoms with Gasteiger partial charge in [-0.25, -0.2) is 19.9 Å². The number of fused-ring (bicyclic) bond motifs is 3. The minimum Gasteiger partial charge on any atom is -0.337 e. The Morgan fingerprint density at radius 1 is 0.429 bits per heavy atom. The van der Waals surface area contributed by atoms with Gasteiger partial charge in [0.05, 0.1) is 17.1 Å². The van der Waals surface area contributed by atoms with E-state index in [1.165, 1.54) is 36.4 Å². The normalized spacial score (nSPS) is 15.7. The van der Waals surface area contributed by atoms with Crippen molar-refractivity contribution in [2.24, 2.45) is 5.92 Å².